The normalized spacial score (nSPS) is 14.3. The fraction of sp³-hybridized carbons (Fsp3) is 0.409. The maximum absolute atomic E-state index is 12.8. The quantitative estimate of drug-likeness (QED) is 0.0485. The Bertz CT molecular complexity index is 1860. The molecule has 0 N–H and O–H groups in total. The van der Waals surface area contributed by atoms with E-state index in [4.69, 9.17) is 9.47 Å². The predicted octanol–water partition coefficient (Wildman–Crippen LogP) is 10.1. The van der Waals surface area contributed by atoms with Crippen LogP contribution in [0, 0.1) is 0 Å². The van der Waals surface area contributed by atoms with E-state index in [1.165, 1.54) is 26.4 Å². The maximum Gasteiger partial charge on any atom is 0.307 e. The molecule has 7 nitrogen and oxygen atoms in total. The topological polar surface area (TPSA) is 64.0 Å². The molecule has 0 amide bonds. The Balaban J connectivity index is 0.959. The van der Waals surface area contributed by atoms with Crippen molar-refractivity contribution < 1.29 is 14.3 Å². The maximum atomic E-state index is 12.8. The van der Waals surface area contributed by atoms with E-state index < -0.39 is 0 Å². The highest BCUT2D eigenvalue weighted by Crippen LogP contribution is 2.31. The third kappa shape index (κ3) is 12.4. The first-order chi connectivity index (χ1) is 25.6. The van der Waals surface area contributed by atoms with E-state index in [-0.39, 0.29) is 18.3 Å². The second-order valence-corrected chi connectivity index (χ2v) is 14.2. The molecule has 0 spiro atoms. The van der Waals surface area contributed by atoms with Crippen molar-refractivity contribution in [2.45, 2.75) is 77.9 Å². The monoisotopic (exact) mass is 721 g/mol. The van der Waals surface area contributed by atoms with Gasteiger partial charge in [0.15, 0.2) is 6.73 Å². The molecule has 1 saturated heterocycles. The molecule has 5 rings (SSSR count). The number of rotatable bonds is 21. The molecule has 0 radical (unpaired) electrons. The molecular weight excluding hydrogens is 667 g/mol. The summed E-state index contributed by atoms with van der Waals surface area (Å²) in [5, 5.41) is 4.44. The van der Waals surface area contributed by atoms with Crippen molar-refractivity contribution in [2.75, 3.05) is 44.2 Å². The van der Waals surface area contributed by atoms with Crippen LogP contribution in [-0.2, 0) is 16.3 Å². The number of carbonyl (C=O) groups excluding carboxylic acids is 1. The van der Waals surface area contributed by atoms with Gasteiger partial charge in [0, 0.05) is 60.5 Å². The fourth-order valence-electron chi connectivity index (χ4n) is 6.42. The number of unbranched alkanes of at least 4 members (excludes halogenated alkanes) is 3. The summed E-state index contributed by atoms with van der Waals surface area (Å²) in [5.74, 6) is 0.424. The average Bonchev–Trinajstić information content (AvgIpc) is 3.66. The number of benzene rings is 2. The van der Waals surface area contributed by atoms with E-state index in [1.54, 1.807) is 17.4 Å². The SMILES string of the molecule is CC/C=C\C/C=C\C/C=C\C/C=C\CCCCC(=O)OCn1c(=O)ccc2ccc(OCCCCN3CCN(c4cccc5sccc45)CC3)cc21. The Morgan fingerprint density at radius 3 is 2.35 bits per heavy atom. The Labute approximate surface area is 313 Å². The third-order valence-electron chi connectivity index (χ3n) is 9.36. The van der Waals surface area contributed by atoms with Gasteiger partial charge in [0.1, 0.15) is 5.75 Å². The molecule has 0 aliphatic carbocycles. The average molecular weight is 722 g/mol. The number of anilines is 1. The minimum atomic E-state index is -0.289. The molecule has 0 saturated carbocycles. The highest BCUT2D eigenvalue weighted by molar-refractivity contribution is 7.17. The lowest BCUT2D eigenvalue weighted by Crippen LogP contribution is -2.46. The molecule has 1 fully saturated rings. The van der Waals surface area contributed by atoms with E-state index in [0.717, 1.165) is 95.9 Å². The number of nitrogens with zero attached hydrogens (tertiary/aromatic N) is 3. The standard InChI is InChI=1S/C44H55N3O4S/c1-2-3-4-5-6-7-8-9-10-11-12-13-14-15-16-22-44(49)51-36-47-41-35-38(25-23-37(41)24-26-43(47)48)50-33-18-17-28-45-29-31-46(32-30-45)40-20-19-21-42-39(40)27-34-52-42/h3-4,6-7,9-10,12-13,19-21,23-27,34-35H,2,5,8,11,14-18,22,28-33,36H2,1H3/b4-3-,7-6-,10-9-,13-12-. The number of hydrogen-bond donors (Lipinski definition) is 0. The Morgan fingerprint density at radius 2 is 1.56 bits per heavy atom. The van der Waals surface area contributed by atoms with Gasteiger partial charge in [-0.3, -0.25) is 19.1 Å². The Kier molecular flexibility index (Phi) is 16.3. The van der Waals surface area contributed by atoms with Crippen molar-refractivity contribution in [3.63, 3.8) is 0 Å². The molecule has 2 aromatic heterocycles. The number of aromatic nitrogens is 1. The van der Waals surface area contributed by atoms with Crippen LogP contribution in [0.3, 0.4) is 0 Å². The smallest absolute Gasteiger partial charge is 0.307 e. The van der Waals surface area contributed by atoms with E-state index >= 15 is 0 Å². The molecule has 52 heavy (non-hydrogen) atoms. The highest BCUT2D eigenvalue weighted by atomic mass is 32.1. The molecular formula is C44H55N3O4S. The van der Waals surface area contributed by atoms with Crippen molar-refractivity contribution in [2.24, 2.45) is 0 Å². The molecule has 1 aliphatic rings. The minimum absolute atomic E-state index is 0.106. The van der Waals surface area contributed by atoms with Gasteiger partial charge in [-0.1, -0.05) is 61.6 Å². The summed E-state index contributed by atoms with van der Waals surface area (Å²) in [6, 6.07) is 17.9. The van der Waals surface area contributed by atoms with Crippen LogP contribution in [0.25, 0.3) is 21.0 Å². The number of pyridine rings is 1. The zero-order valence-electron chi connectivity index (χ0n) is 30.8. The summed E-state index contributed by atoms with van der Waals surface area (Å²) < 4.78 is 14.5. The van der Waals surface area contributed by atoms with Crippen molar-refractivity contribution in [3.05, 3.63) is 119 Å². The molecule has 1 aliphatic heterocycles. The molecule has 3 heterocycles. The lowest BCUT2D eigenvalue weighted by atomic mass is 10.2. The van der Waals surface area contributed by atoms with Gasteiger partial charge in [0.2, 0.25) is 0 Å². The number of ether oxygens (including phenoxy) is 2. The predicted molar refractivity (Wildman–Crippen MR) is 219 cm³/mol. The zero-order chi connectivity index (χ0) is 36.2. The summed E-state index contributed by atoms with van der Waals surface area (Å²) in [6.07, 6.45) is 26.4. The molecule has 0 atom stereocenters. The van der Waals surface area contributed by atoms with E-state index in [2.05, 4.69) is 95.0 Å². The number of carbonyl (C=O) groups is 1. The molecule has 2 aromatic carbocycles. The van der Waals surface area contributed by atoms with Crippen molar-refractivity contribution in [3.8, 4) is 5.75 Å². The number of esters is 1. The first-order valence-electron chi connectivity index (χ1n) is 19.1. The summed E-state index contributed by atoms with van der Waals surface area (Å²) in [6.45, 7) is 7.95. The van der Waals surface area contributed by atoms with Crippen molar-refractivity contribution in [1.29, 1.82) is 0 Å². The molecule has 8 heteroatoms. The van der Waals surface area contributed by atoms with Crippen LogP contribution in [0.2, 0.25) is 0 Å². The lowest BCUT2D eigenvalue weighted by molar-refractivity contribution is -0.147. The number of thiophene rings is 1. The zero-order valence-corrected chi connectivity index (χ0v) is 31.6. The van der Waals surface area contributed by atoms with E-state index in [0.29, 0.717) is 24.3 Å². The van der Waals surface area contributed by atoms with Crippen LogP contribution in [0.1, 0.15) is 71.1 Å². The number of hydrogen-bond acceptors (Lipinski definition) is 7. The third-order valence-corrected chi connectivity index (χ3v) is 10.2. The first kappa shape index (κ1) is 38.8. The van der Waals surface area contributed by atoms with Gasteiger partial charge in [-0.05, 0) is 111 Å². The fourth-order valence-corrected chi connectivity index (χ4v) is 7.23. The number of allylic oxidation sites excluding steroid dienone is 8. The molecule has 276 valence electrons. The van der Waals surface area contributed by atoms with Crippen LogP contribution in [0.15, 0.2) is 113 Å². The van der Waals surface area contributed by atoms with Gasteiger partial charge in [0.05, 0.1) is 12.1 Å². The van der Waals surface area contributed by atoms with E-state index in [9.17, 15) is 9.59 Å². The summed E-state index contributed by atoms with van der Waals surface area (Å²) >= 11 is 1.81. The number of piperazine rings is 1. The highest BCUT2D eigenvalue weighted by Gasteiger charge is 2.18. The van der Waals surface area contributed by atoms with Gasteiger partial charge in [-0.2, -0.15) is 0 Å². The van der Waals surface area contributed by atoms with Gasteiger partial charge in [0.25, 0.3) is 5.56 Å². The van der Waals surface area contributed by atoms with Crippen LogP contribution in [0.4, 0.5) is 5.69 Å². The van der Waals surface area contributed by atoms with Crippen LogP contribution in [0.5, 0.6) is 5.75 Å². The van der Waals surface area contributed by atoms with Crippen LogP contribution < -0.4 is 15.2 Å². The van der Waals surface area contributed by atoms with Gasteiger partial charge in [-0.15, -0.1) is 11.3 Å². The van der Waals surface area contributed by atoms with Gasteiger partial charge < -0.3 is 14.4 Å². The van der Waals surface area contributed by atoms with Crippen LogP contribution >= 0.6 is 11.3 Å². The van der Waals surface area contributed by atoms with Crippen LogP contribution in [-0.4, -0.2) is 54.8 Å². The molecule has 4 aromatic rings. The largest absolute Gasteiger partial charge is 0.494 e. The Morgan fingerprint density at radius 1 is 0.808 bits per heavy atom. The first-order valence-corrected chi connectivity index (χ1v) is 20.0. The summed E-state index contributed by atoms with van der Waals surface area (Å²) in [5.41, 5.74) is 1.85. The lowest BCUT2D eigenvalue weighted by Gasteiger charge is -2.36. The molecule has 0 bridgehead atoms. The van der Waals surface area contributed by atoms with Gasteiger partial charge >= 0.3 is 5.97 Å². The summed E-state index contributed by atoms with van der Waals surface area (Å²) in [4.78, 5) is 30.3. The van der Waals surface area contributed by atoms with E-state index in [1.807, 2.05) is 18.2 Å². The van der Waals surface area contributed by atoms with Gasteiger partial charge in [-0.25, -0.2) is 0 Å². The second-order valence-electron chi connectivity index (χ2n) is 13.2. The Hall–Kier alpha value is -4.40. The van der Waals surface area contributed by atoms with Crippen molar-refractivity contribution in [1.82, 2.24) is 9.47 Å². The summed E-state index contributed by atoms with van der Waals surface area (Å²) in [7, 11) is 0. The minimum Gasteiger partial charge on any atom is -0.494 e. The number of fused-ring (bicyclic) bond motifs is 2. The molecule has 0 unspecified atom stereocenters. The van der Waals surface area contributed by atoms with Crippen molar-refractivity contribution >= 4 is 44.0 Å². The second kappa shape index (κ2) is 21.8.